The lowest BCUT2D eigenvalue weighted by atomic mass is 9.78. The fourth-order valence-electron chi connectivity index (χ4n) is 2.89. The minimum absolute atomic E-state index is 0.181. The van der Waals surface area contributed by atoms with Crippen LogP contribution in [0.4, 0.5) is 0 Å². The molecule has 0 aliphatic carbocycles. The van der Waals surface area contributed by atoms with Gasteiger partial charge in [0.15, 0.2) is 0 Å². The third-order valence-corrected chi connectivity index (χ3v) is 3.94. The molecule has 2 aromatic carbocycles. The molecule has 0 saturated carbocycles. The van der Waals surface area contributed by atoms with Crippen LogP contribution >= 0.6 is 0 Å². The van der Waals surface area contributed by atoms with E-state index in [1.54, 1.807) is 0 Å². The number of rotatable bonds is 5. The number of benzene rings is 2. The monoisotopic (exact) mass is 255 g/mol. The second kappa shape index (κ2) is 5.75. The van der Waals surface area contributed by atoms with Crippen LogP contribution in [0.5, 0.6) is 0 Å². The predicted molar refractivity (Wildman–Crippen MR) is 84.5 cm³/mol. The molecule has 0 heterocycles. The van der Waals surface area contributed by atoms with Crippen LogP contribution in [-0.4, -0.2) is 5.54 Å². The molecule has 1 unspecified atom stereocenters. The smallest absolute Gasteiger partial charge is 0.0166 e. The molecule has 0 spiro atoms. The Bertz CT molecular complexity index is 531. The highest BCUT2D eigenvalue weighted by Crippen LogP contribution is 2.35. The molecule has 2 N–H and O–H groups in total. The number of unbranched alkanes of at least 4 members (excludes halogenated alkanes) is 1. The predicted octanol–water partition coefficient (Wildman–Crippen LogP) is 4.85. The fourth-order valence-corrected chi connectivity index (χ4v) is 2.89. The quantitative estimate of drug-likeness (QED) is 0.812. The standard InChI is InChI=1S/C18H25N/c1-4-5-13-17(18(2,3)19)16-12-8-10-14-9-6-7-11-15(14)16/h6-12,17H,4-5,13,19H2,1-3H3. The van der Waals surface area contributed by atoms with Crippen LogP contribution in [-0.2, 0) is 0 Å². The zero-order valence-electron chi connectivity index (χ0n) is 12.3. The number of hydrogen-bond donors (Lipinski definition) is 1. The summed E-state index contributed by atoms with van der Waals surface area (Å²) in [6.45, 7) is 6.54. The highest BCUT2D eigenvalue weighted by molar-refractivity contribution is 5.86. The summed E-state index contributed by atoms with van der Waals surface area (Å²) in [6, 6.07) is 15.2. The third kappa shape index (κ3) is 3.16. The molecular weight excluding hydrogens is 230 g/mol. The molecule has 1 atom stereocenters. The summed E-state index contributed by atoms with van der Waals surface area (Å²) in [6.07, 6.45) is 3.61. The van der Waals surface area contributed by atoms with E-state index < -0.39 is 0 Å². The summed E-state index contributed by atoms with van der Waals surface area (Å²) in [5.41, 5.74) is 7.66. The number of nitrogens with two attached hydrogens (primary N) is 1. The van der Waals surface area contributed by atoms with Crippen molar-refractivity contribution in [2.45, 2.75) is 51.5 Å². The van der Waals surface area contributed by atoms with E-state index in [4.69, 9.17) is 5.73 Å². The lowest BCUT2D eigenvalue weighted by molar-refractivity contribution is 0.383. The Morgan fingerprint density at radius 3 is 2.42 bits per heavy atom. The lowest BCUT2D eigenvalue weighted by Crippen LogP contribution is -2.39. The van der Waals surface area contributed by atoms with Crippen molar-refractivity contribution in [3.8, 4) is 0 Å². The summed E-state index contributed by atoms with van der Waals surface area (Å²) < 4.78 is 0. The first-order chi connectivity index (χ1) is 9.04. The summed E-state index contributed by atoms with van der Waals surface area (Å²) in [7, 11) is 0. The molecule has 19 heavy (non-hydrogen) atoms. The van der Waals surface area contributed by atoms with Crippen LogP contribution in [0.15, 0.2) is 42.5 Å². The number of fused-ring (bicyclic) bond motifs is 1. The normalized spacial score (nSPS) is 13.7. The van der Waals surface area contributed by atoms with E-state index in [2.05, 4.69) is 63.2 Å². The molecule has 1 heteroatoms. The zero-order valence-corrected chi connectivity index (χ0v) is 12.3. The molecular formula is C18H25N. The van der Waals surface area contributed by atoms with Crippen molar-refractivity contribution in [3.05, 3.63) is 48.0 Å². The van der Waals surface area contributed by atoms with Crippen LogP contribution in [0.2, 0.25) is 0 Å². The van der Waals surface area contributed by atoms with Gasteiger partial charge in [-0.25, -0.2) is 0 Å². The van der Waals surface area contributed by atoms with Gasteiger partial charge in [0.25, 0.3) is 0 Å². The van der Waals surface area contributed by atoms with E-state index in [1.165, 1.54) is 29.2 Å². The first-order valence-electron chi connectivity index (χ1n) is 7.30. The summed E-state index contributed by atoms with van der Waals surface area (Å²) in [5.74, 6) is 0.415. The van der Waals surface area contributed by atoms with E-state index >= 15 is 0 Å². The van der Waals surface area contributed by atoms with E-state index in [0.717, 1.165) is 6.42 Å². The van der Waals surface area contributed by atoms with Gasteiger partial charge in [0.05, 0.1) is 0 Å². The molecule has 0 fully saturated rings. The molecule has 0 bridgehead atoms. The van der Waals surface area contributed by atoms with Crippen LogP contribution in [0.25, 0.3) is 10.8 Å². The van der Waals surface area contributed by atoms with Gasteiger partial charge in [-0.2, -0.15) is 0 Å². The Hall–Kier alpha value is -1.34. The molecule has 0 amide bonds. The van der Waals surface area contributed by atoms with Crippen molar-refractivity contribution in [1.82, 2.24) is 0 Å². The first-order valence-corrected chi connectivity index (χ1v) is 7.30. The van der Waals surface area contributed by atoms with Gasteiger partial charge in [-0.05, 0) is 36.6 Å². The van der Waals surface area contributed by atoms with Gasteiger partial charge in [-0.1, -0.05) is 62.2 Å². The fraction of sp³-hybridized carbons (Fsp3) is 0.444. The molecule has 1 nitrogen and oxygen atoms in total. The average molecular weight is 255 g/mol. The summed E-state index contributed by atoms with van der Waals surface area (Å²) in [5, 5.41) is 2.66. The van der Waals surface area contributed by atoms with Gasteiger partial charge in [-0.3, -0.25) is 0 Å². The van der Waals surface area contributed by atoms with Crippen molar-refractivity contribution >= 4 is 10.8 Å². The maximum Gasteiger partial charge on any atom is 0.0166 e. The van der Waals surface area contributed by atoms with E-state index in [9.17, 15) is 0 Å². The second-order valence-electron chi connectivity index (χ2n) is 6.08. The van der Waals surface area contributed by atoms with Gasteiger partial charge < -0.3 is 5.73 Å². The average Bonchev–Trinajstić information content (AvgIpc) is 2.38. The minimum Gasteiger partial charge on any atom is -0.325 e. The molecule has 0 aliphatic heterocycles. The Balaban J connectivity index is 2.49. The van der Waals surface area contributed by atoms with Crippen LogP contribution in [0.1, 0.15) is 51.5 Å². The maximum atomic E-state index is 6.44. The van der Waals surface area contributed by atoms with Crippen molar-refractivity contribution < 1.29 is 0 Å². The topological polar surface area (TPSA) is 26.0 Å². The van der Waals surface area contributed by atoms with Crippen molar-refractivity contribution in [2.24, 2.45) is 5.73 Å². The van der Waals surface area contributed by atoms with Gasteiger partial charge in [-0.15, -0.1) is 0 Å². The zero-order chi connectivity index (χ0) is 13.9. The van der Waals surface area contributed by atoms with Crippen molar-refractivity contribution in [3.63, 3.8) is 0 Å². The SMILES string of the molecule is CCCCC(c1cccc2ccccc12)C(C)(C)N. The van der Waals surface area contributed by atoms with Crippen LogP contribution in [0.3, 0.4) is 0 Å². The molecule has 0 aliphatic rings. The van der Waals surface area contributed by atoms with Crippen LogP contribution in [0, 0.1) is 0 Å². The molecule has 2 rings (SSSR count). The van der Waals surface area contributed by atoms with Crippen LogP contribution < -0.4 is 5.73 Å². The second-order valence-corrected chi connectivity index (χ2v) is 6.08. The largest absolute Gasteiger partial charge is 0.325 e. The molecule has 0 saturated heterocycles. The highest BCUT2D eigenvalue weighted by Gasteiger charge is 2.27. The Morgan fingerprint density at radius 2 is 1.74 bits per heavy atom. The first kappa shape index (κ1) is 14.1. The van der Waals surface area contributed by atoms with Gasteiger partial charge in [0.1, 0.15) is 0 Å². The number of hydrogen-bond acceptors (Lipinski definition) is 1. The Morgan fingerprint density at radius 1 is 1.05 bits per heavy atom. The van der Waals surface area contributed by atoms with Crippen molar-refractivity contribution in [1.29, 1.82) is 0 Å². The van der Waals surface area contributed by atoms with Crippen molar-refractivity contribution in [2.75, 3.05) is 0 Å². The Labute approximate surface area is 116 Å². The van der Waals surface area contributed by atoms with E-state index in [1.807, 2.05) is 0 Å². The summed E-state index contributed by atoms with van der Waals surface area (Å²) in [4.78, 5) is 0. The Kier molecular flexibility index (Phi) is 4.26. The van der Waals surface area contributed by atoms with E-state index in [-0.39, 0.29) is 5.54 Å². The van der Waals surface area contributed by atoms with Gasteiger partial charge in [0, 0.05) is 11.5 Å². The molecule has 0 aromatic heterocycles. The summed E-state index contributed by atoms with van der Waals surface area (Å²) >= 11 is 0. The van der Waals surface area contributed by atoms with Gasteiger partial charge >= 0.3 is 0 Å². The third-order valence-electron chi connectivity index (χ3n) is 3.94. The minimum atomic E-state index is -0.181. The van der Waals surface area contributed by atoms with E-state index in [0.29, 0.717) is 5.92 Å². The highest BCUT2D eigenvalue weighted by atomic mass is 14.7. The lowest BCUT2D eigenvalue weighted by Gasteiger charge is -2.32. The molecule has 102 valence electrons. The molecule has 0 radical (unpaired) electrons. The molecule has 2 aromatic rings. The van der Waals surface area contributed by atoms with Gasteiger partial charge in [0.2, 0.25) is 0 Å². The maximum absolute atomic E-state index is 6.44.